The molecule has 1 aromatic heterocycles. The monoisotopic (exact) mass is 379 g/mol. The Kier molecular flexibility index (Phi) is 5.63. The molecule has 0 radical (unpaired) electrons. The highest BCUT2D eigenvalue weighted by atomic mass is 16.2. The fraction of sp³-hybridized carbons (Fsp3) is 0.286. The number of allylic oxidation sites excluding steroid dienone is 2. The molecule has 0 spiro atoms. The molecule has 1 atom stereocenters. The number of nitrogens with zero attached hydrogens (tertiary/aromatic N) is 3. The first-order valence-corrected chi connectivity index (χ1v) is 9.27. The Bertz CT molecular complexity index is 900. The maximum atomic E-state index is 13.0. The Hall–Kier alpha value is -3.35. The highest BCUT2D eigenvalue weighted by molar-refractivity contribution is 6.08. The van der Waals surface area contributed by atoms with Gasteiger partial charge in [-0.2, -0.15) is 0 Å². The van der Waals surface area contributed by atoms with Crippen molar-refractivity contribution in [1.82, 2.24) is 15.2 Å². The third-order valence-electron chi connectivity index (χ3n) is 4.59. The zero-order valence-electron chi connectivity index (χ0n) is 16.4. The lowest BCUT2D eigenvalue weighted by molar-refractivity contribution is -0.115. The van der Waals surface area contributed by atoms with Crippen molar-refractivity contribution in [2.75, 3.05) is 16.8 Å². The Morgan fingerprint density at radius 1 is 1.50 bits per heavy atom. The van der Waals surface area contributed by atoms with Crippen LogP contribution in [-0.4, -0.2) is 34.4 Å². The number of anilines is 2. The van der Waals surface area contributed by atoms with Crippen LogP contribution in [0.15, 0.2) is 60.7 Å². The number of fused-ring (bicyclic) bond motifs is 1. The highest BCUT2D eigenvalue weighted by Crippen LogP contribution is 2.28. The van der Waals surface area contributed by atoms with Gasteiger partial charge < -0.3 is 15.5 Å². The molecule has 0 aliphatic carbocycles. The van der Waals surface area contributed by atoms with Crippen LogP contribution in [0.4, 0.5) is 16.3 Å². The van der Waals surface area contributed by atoms with Gasteiger partial charge >= 0.3 is 6.03 Å². The second kappa shape index (κ2) is 8.12. The molecular weight excluding hydrogens is 354 g/mol. The zero-order chi connectivity index (χ0) is 20.3. The molecule has 3 rings (SSSR count). The van der Waals surface area contributed by atoms with Gasteiger partial charge in [0.1, 0.15) is 6.54 Å². The highest BCUT2D eigenvalue weighted by Gasteiger charge is 2.30. The minimum Gasteiger partial charge on any atom is -0.331 e. The van der Waals surface area contributed by atoms with Crippen LogP contribution in [0.1, 0.15) is 25.8 Å². The van der Waals surface area contributed by atoms with Gasteiger partial charge in [-0.1, -0.05) is 19.6 Å². The molecule has 2 aliphatic rings. The van der Waals surface area contributed by atoms with E-state index < -0.39 is 0 Å². The van der Waals surface area contributed by atoms with Crippen molar-refractivity contribution in [2.24, 2.45) is 0 Å². The topological polar surface area (TPSA) is 77.6 Å². The SMILES string of the molecule is C=C1C=C(C(CC)NC(=O)N2CC(=O)Nc3cc(C)cnc32)C=CN1/C=C\C. The van der Waals surface area contributed by atoms with Crippen LogP contribution >= 0.6 is 0 Å². The van der Waals surface area contributed by atoms with Gasteiger partial charge in [0.25, 0.3) is 0 Å². The van der Waals surface area contributed by atoms with E-state index in [-0.39, 0.29) is 24.5 Å². The van der Waals surface area contributed by atoms with E-state index >= 15 is 0 Å². The summed E-state index contributed by atoms with van der Waals surface area (Å²) in [6.45, 7) is 9.82. The molecule has 0 saturated heterocycles. The molecule has 0 fully saturated rings. The van der Waals surface area contributed by atoms with Gasteiger partial charge in [0.05, 0.1) is 11.7 Å². The number of hydrogen-bond donors (Lipinski definition) is 2. The fourth-order valence-electron chi connectivity index (χ4n) is 3.19. The van der Waals surface area contributed by atoms with Crippen LogP contribution in [0.3, 0.4) is 0 Å². The van der Waals surface area contributed by atoms with Gasteiger partial charge in [0.2, 0.25) is 5.91 Å². The largest absolute Gasteiger partial charge is 0.331 e. The number of nitrogens with one attached hydrogen (secondary N) is 2. The van der Waals surface area contributed by atoms with E-state index in [1.165, 1.54) is 4.90 Å². The number of hydrogen-bond acceptors (Lipinski definition) is 4. The van der Waals surface area contributed by atoms with Crippen molar-refractivity contribution in [3.63, 3.8) is 0 Å². The molecule has 3 amide bonds. The maximum absolute atomic E-state index is 13.0. The molecule has 146 valence electrons. The summed E-state index contributed by atoms with van der Waals surface area (Å²) in [4.78, 5) is 32.6. The Morgan fingerprint density at radius 3 is 2.96 bits per heavy atom. The van der Waals surface area contributed by atoms with Crippen LogP contribution in [-0.2, 0) is 4.79 Å². The molecule has 7 heteroatoms. The summed E-state index contributed by atoms with van der Waals surface area (Å²) in [6.07, 6.45) is 12.1. The number of amides is 3. The normalized spacial score (nSPS) is 17.3. The number of pyridine rings is 1. The van der Waals surface area contributed by atoms with E-state index in [1.54, 1.807) is 6.20 Å². The third kappa shape index (κ3) is 3.98. The Morgan fingerprint density at radius 2 is 2.29 bits per heavy atom. The molecule has 28 heavy (non-hydrogen) atoms. The van der Waals surface area contributed by atoms with Gasteiger partial charge in [-0.05, 0) is 49.6 Å². The number of carbonyl (C=O) groups excluding carboxylic acids is 2. The third-order valence-corrected chi connectivity index (χ3v) is 4.59. The van der Waals surface area contributed by atoms with E-state index in [1.807, 2.05) is 62.4 Å². The lowest BCUT2D eigenvalue weighted by Crippen LogP contribution is -2.50. The summed E-state index contributed by atoms with van der Waals surface area (Å²) < 4.78 is 0. The minimum atomic E-state index is -0.352. The predicted octanol–water partition coefficient (Wildman–Crippen LogP) is 3.44. The van der Waals surface area contributed by atoms with E-state index in [0.29, 0.717) is 17.9 Å². The molecule has 3 heterocycles. The molecule has 1 unspecified atom stereocenters. The van der Waals surface area contributed by atoms with E-state index in [4.69, 9.17) is 0 Å². The van der Waals surface area contributed by atoms with E-state index in [9.17, 15) is 9.59 Å². The van der Waals surface area contributed by atoms with Gasteiger partial charge in [-0.15, -0.1) is 0 Å². The van der Waals surface area contributed by atoms with Gasteiger partial charge in [-0.3, -0.25) is 9.69 Å². The Balaban J connectivity index is 1.79. The molecule has 0 bridgehead atoms. The molecule has 2 N–H and O–H groups in total. The van der Waals surface area contributed by atoms with Crippen molar-refractivity contribution in [1.29, 1.82) is 0 Å². The van der Waals surface area contributed by atoms with Crippen molar-refractivity contribution in [3.05, 3.63) is 66.3 Å². The summed E-state index contributed by atoms with van der Waals surface area (Å²) in [5.74, 6) is 0.213. The second-order valence-electron chi connectivity index (χ2n) is 6.77. The first-order chi connectivity index (χ1) is 13.4. The first-order valence-electron chi connectivity index (χ1n) is 9.27. The molecule has 7 nitrogen and oxygen atoms in total. The zero-order valence-corrected chi connectivity index (χ0v) is 16.4. The summed E-state index contributed by atoms with van der Waals surface area (Å²) in [5, 5.41) is 5.79. The van der Waals surface area contributed by atoms with Crippen molar-refractivity contribution < 1.29 is 9.59 Å². The van der Waals surface area contributed by atoms with Crippen molar-refractivity contribution >= 4 is 23.4 Å². The molecular formula is C21H25N5O2. The number of carbonyl (C=O) groups is 2. The molecule has 2 aliphatic heterocycles. The van der Waals surface area contributed by atoms with Gasteiger partial charge in [0, 0.05) is 24.3 Å². The number of rotatable bonds is 4. The number of aromatic nitrogens is 1. The molecule has 0 saturated carbocycles. The lowest BCUT2D eigenvalue weighted by atomic mass is 10.0. The smallest absolute Gasteiger partial charge is 0.324 e. The van der Waals surface area contributed by atoms with Gasteiger partial charge in [0.15, 0.2) is 5.82 Å². The van der Waals surface area contributed by atoms with E-state index in [0.717, 1.165) is 16.8 Å². The standard InChI is InChI=1S/C21H25N5O2/c1-5-8-25-9-7-16(11-15(25)4)17(6-2)24-21(28)26-13-19(27)23-18-10-14(3)12-22-20(18)26/h5,7-12,17H,4,6,13H2,1-3H3,(H,23,27)(H,24,28)/b8-5-. The lowest BCUT2D eigenvalue weighted by Gasteiger charge is -2.31. The summed E-state index contributed by atoms with van der Waals surface area (Å²) >= 11 is 0. The van der Waals surface area contributed by atoms with Crippen molar-refractivity contribution in [3.8, 4) is 0 Å². The number of aryl methyl sites for hydroxylation is 1. The second-order valence-corrected chi connectivity index (χ2v) is 6.77. The molecule has 0 aromatic carbocycles. The van der Waals surface area contributed by atoms with Crippen LogP contribution in [0.5, 0.6) is 0 Å². The average Bonchev–Trinajstić information content (AvgIpc) is 2.66. The summed E-state index contributed by atoms with van der Waals surface area (Å²) in [7, 11) is 0. The van der Waals surface area contributed by atoms with Gasteiger partial charge in [-0.25, -0.2) is 9.78 Å². The summed E-state index contributed by atoms with van der Waals surface area (Å²) in [5.41, 5.74) is 3.24. The van der Waals surface area contributed by atoms with Crippen LogP contribution in [0, 0.1) is 6.92 Å². The quantitative estimate of drug-likeness (QED) is 0.840. The van der Waals surface area contributed by atoms with Crippen LogP contribution in [0.2, 0.25) is 0 Å². The van der Waals surface area contributed by atoms with Crippen molar-refractivity contribution in [2.45, 2.75) is 33.2 Å². The van der Waals surface area contributed by atoms with E-state index in [2.05, 4.69) is 22.2 Å². The maximum Gasteiger partial charge on any atom is 0.324 e. The average molecular weight is 379 g/mol. The Labute approximate surface area is 165 Å². The minimum absolute atomic E-state index is 0.0675. The molecule has 1 aromatic rings. The summed E-state index contributed by atoms with van der Waals surface area (Å²) in [6, 6.07) is 1.26. The fourth-order valence-corrected chi connectivity index (χ4v) is 3.19. The van der Waals surface area contributed by atoms with Crippen LogP contribution in [0.25, 0.3) is 0 Å². The predicted molar refractivity (Wildman–Crippen MR) is 111 cm³/mol. The number of urea groups is 1. The van der Waals surface area contributed by atoms with Crippen LogP contribution < -0.4 is 15.5 Å². The first kappa shape index (κ1) is 19.4.